The smallest absolute Gasteiger partial charge is 0.0500 e. The molecular formula is C17H15N. The highest BCUT2D eigenvalue weighted by Gasteiger charge is 2.10. The van der Waals surface area contributed by atoms with E-state index in [1.807, 2.05) is 12.1 Å². The van der Waals surface area contributed by atoms with Gasteiger partial charge in [-0.05, 0) is 23.6 Å². The zero-order chi connectivity index (χ0) is 12.4. The Morgan fingerprint density at radius 1 is 0.944 bits per heavy atom. The summed E-state index contributed by atoms with van der Waals surface area (Å²) in [7, 11) is 0. The van der Waals surface area contributed by atoms with Crippen LogP contribution in [0.4, 0.5) is 0 Å². The number of rotatable bonds is 3. The molecule has 1 N–H and O–H groups in total. The molecule has 0 aliphatic carbocycles. The van der Waals surface area contributed by atoms with Crippen molar-refractivity contribution < 1.29 is 0 Å². The molecule has 1 heterocycles. The van der Waals surface area contributed by atoms with E-state index in [1.54, 1.807) is 0 Å². The monoisotopic (exact) mass is 233 g/mol. The van der Waals surface area contributed by atoms with Crippen molar-refractivity contribution in [3.63, 3.8) is 0 Å². The lowest BCUT2D eigenvalue weighted by Gasteiger charge is -2.02. The molecule has 0 atom stereocenters. The number of benzene rings is 2. The number of allylic oxidation sites excluding steroid dienone is 1. The number of fused-ring (bicyclic) bond motifs is 1. The van der Waals surface area contributed by atoms with E-state index in [0.29, 0.717) is 0 Å². The standard InChI is InChI=1S/C17H15N/c1-2-8-15-14-11-6-7-12-16(14)18-17(15)13-9-4-3-5-10-13/h2-7,9-12,18H,1,8H2. The Morgan fingerprint density at radius 2 is 1.67 bits per heavy atom. The first-order valence-corrected chi connectivity index (χ1v) is 6.16. The summed E-state index contributed by atoms with van der Waals surface area (Å²) in [6.45, 7) is 3.86. The van der Waals surface area contributed by atoms with Crippen LogP contribution < -0.4 is 0 Å². The summed E-state index contributed by atoms with van der Waals surface area (Å²) in [6, 6.07) is 18.9. The Kier molecular flexibility index (Phi) is 2.73. The van der Waals surface area contributed by atoms with Crippen molar-refractivity contribution in [1.82, 2.24) is 4.98 Å². The second-order valence-corrected chi connectivity index (χ2v) is 4.38. The fourth-order valence-electron chi connectivity index (χ4n) is 2.41. The van der Waals surface area contributed by atoms with Crippen LogP contribution in [-0.2, 0) is 6.42 Å². The van der Waals surface area contributed by atoms with Gasteiger partial charge in [0.25, 0.3) is 0 Å². The largest absolute Gasteiger partial charge is 0.354 e. The van der Waals surface area contributed by atoms with Crippen molar-refractivity contribution >= 4 is 10.9 Å². The molecule has 1 aromatic heterocycles. The first kappa shape index (κ1) is 10.8. The van der Waals surface area contributed by atoms with Crippen LogP contribution in [0.15, 0.2) is 67.3 Å². The van der Waals surface area contributed by atoms with Crippen molar-refractivity contribution in [2.45, 2.75) is 6.42 Å². The lowest BCUT2D eigenvalue weighted by Crippen LogP contribution is -1.84. The maximum Gasteiger partial charge on any atom is 0.0500 e. The third-order valence-electron chi connectivity index (χ3n) is 3.22. The van der Waals surface area contributed by atoms with Crippen molar-refractivity contribution in [2.75, 3.05) is 0 Å². The SMILES string of the molecule is C=CCc1c(-c2ccccc2)[nH]c2ccccc12. The molecular weight excluding hydrogens is 218 g/mol. The number of aromatic nitrogens is 1. The first-order chi connectivity index (χ1) is 8.90. The molecule has 3 aromatic rings. The van der Waals surface area contributed by atoms with Gasteiger partial charge >= 0.3 is 0 Å². The van der Waals surface area contributed by atoms with Gasteiger partial charge in [0, 0.05) is 10.9 Å². The van der Waals surface area contributed by atoms with E-state index < -0.39 is 0 Å². The van der Waals surface area contributed by atoms with Crippen molar-refractivity contribution in [3.8, 4) is 11.3 Å². The number of H-pyrrole nitrogens is 1. The average molecular weight is 233 g/mol. The number of aromatic amines is 1. The highest BCUT2D eigenvalue weighted by molar-refractivity contribution is 5.90. The third-order valence-corrected chi connectivity index (χ3v) is 3.22. The van der Waals surface area contributed by atoms with Crippen LogP contribution in [0.2, 0.25) is 0 Å². The summed E-state index contributed by atoms with van der Waals surface area (Å²) in [6.07, 6.45) is 2.84. The highest BCUT2D eigenvalue weighted by Crippen LogP contribution is 2.30. The van der Waals surface area contributed by atoms with Gasteiger partial charge < -0.3 is 4.98 Å². The fourth-order valence-corrected chi connectivity index (χ4v) is 2.41. The van der Waals surface area contributed by atoms with Crippen molar-refractivity contribution in [1.29, 1.82) is 0 Å². The molecule has 1 nitrogen and oxygen atoms in total. The molecule has 2 aromatic carbocycles. The number of hydrogen-bond acceptors (Lipinski definition) is 0. The minimum Gasteiger partial charge on any atom is -0.354 e. The normalized spacial score (nSPS) is 10.7. The van der Waals surface area contributed by atoms with Gasteiger partial charge in [0.05, 0.1) is 5.69 Å². The maximum atomic E-state index is 3.86. The van der Waals surface area contributed by atoms with Gasteiger partial charge in [-0.3, -0.25) is 0 Å². The molecule has 0 aliphatic heterocycles. The quantitative estimate of drug-likeness (QED) is 0.638. The summed E-state index contributed by atoms with van der Waals surface area (Å²) in [5, 5.41) is 1.29. The Bertz CT molecular complexity index is 677. The molecule has 88 valence electrons. The van der Waals surface area contributed by atoms with E-state index >= 15 is 0 Å². The lowest BCUT2D eigenvalue weighted by atomic mass is 10.0. The average Bonchev–Trinajstić information content (AvgIpc) is 2.80. The van der Waals surface area contributed by atoms with Gasteiger partial charge in [0.1, 0.15) is 0 Å². The molecule has 0 spiro atoms. The topological polar surface area (TPSA) is 15.8 Å². The van der Waals surface area contributed by atoms with Gasteiger partial charge in [-0.1, -0.05) is 54.6 Å². The Labute approximate surface area is 107 Å². The zero-order valence-electron chi connectivity index (χ0n) is 10.2. The summed E-state index contributed by atoms with van der Waals surface area (Å²) in [4.78, 5) is 3.52. The number of hydrogen-bond donors (Lipinski definition) is 1. The molecule has 0 saturated heterocycles. The van der Waals surface area contributed by atoms with Crippen LogP contribution in [0.25, 0.3) is 22.2 Å². The second kappa shape index (κ2) is 4.53. The molecule has 0 bridgehead atoms. The van der Waals surface area contributed by atoms with E-state index in [4.69, 9.17) is 0 Å². The predicted octanol–water partition coefficient (Wildman–Crippen LogP) is 4.56. The fraction of sp³-hybridized carbons (Fsp3) is 0.0588. The lowest BCUT2D eigenvalue weighted by molar-refractivity contribution is 1.29. The van der Waals surface area contributed by atoms with Gasteiger partial charge in [-0.15, -0.1) is 6.58 Å². The van der Waals surface area contributed by atoms with Gasteiger partial charge in [0.2, 0.25) is 0 Å². The van der Waals surface area contributed by atoms with E-state index in [9.17, 15) is 0 Å². The number of para-hydroxylation sites is 1. The Morgan fingerprint density at radius 3 is 2.44 bits per heavy atom. The molecule has 0 saturated carbocycles. The summed E-state index contributed by atoms with van der Waals surface area (Å²) < 4.78 is 0. The predicted molar refractivity (Wildman–Crippen MR) is 77.6 cm³/mol. The molecule has 0 fully saturated rings. The third kappa shape index (κ3) is 1.74. The molecule has 3 rings (SSSR count). The van der Waals surface area contributed by atoms with Gasteiger partial charge in [-0.25, -0.2) is 0 Å². The van der Waals surface area contributed by atoms with E-state index in [-0.39, 0.29) is 0 Å². The Balaban J connectivity index is 2.28. The molecule has 0 amide bonds. The van der Waals surface area contributed by atoms with E-state index in [1.165, 1.54) is 27.7 Å². The van der Waals surface area contributed by atoms with Crippen LogP contribution >= 0.6 is 0 Å². The van der Waals surface area contributed by atoms with Crippen molar-refractivity contribution in [2.24, 2.45) is 0 Å². The second-order valence-electron chi connectivity index (χ2n) is 4.38. The van der Waals surface area contributed by atoms with E-state index in [2.05, 4.69) is 60.1 Å². The van der Waals surface area contributed by atoms with Crippen molar-refractivity contribution in [3.05, 3.63) is 72.8 Å². The molecule has 18 heavy (non-hydrogen) atoms. The molecule has 0 unspecified atom stereocenters. The minimum absolute atomic E-state index is 0.883. The Hall–Kier alpha value is -2.28. The number of nitrogens with one attached hydrogen (secondary N) is 1. The first-order valence-electron chi connectivity index (χ1n) is 6.16. The molecule has 0 aliphatic rings. The van der Waals surface area contributed by atoms with Gasteiger partial charge in [0.15, 0.2) is 0 Å². The maximum absolute atomic E-state index is 3.86. The highest BCUT2D eigenvalue weighted by atomic mass is 14.7. The summed E-state index contributed by atoms with van der Waals surface area (Å²) in [5.74, 6) is 0. The van der Waals surface area contributed by atoms with Crippen LogP contribution in [0.3, 0.4) is 0 Å². The minimum atomic E-state index is 0.883. The van der Waals surface area contributed by atoms with Gasteiger partial charge in [-0.2, -0.15) is 0 Å². The van der Waals surface area contributed by atoms with E-state index in [0.717, 1.165) is 6.42 Å². The molecule has 1 heteroatoms. The summed E-state index contributed by atoms with van der Waals surface area (Å²) >= 11 is 0. The zero-order valence-corrected chi connectivity index (χ0v) is 10.2. The van der Waals surface area contributed by atoms with Crippen LogP contribution in [-0.4, -0.2) is 4.98 Å². The van der Waals surface area contributed by atoms with Crippen LogP contribution in [0, 0.1) is 0 Å². The molecule has 0 radical (unpaired) electrons. The van der Waals surface area contributed by atoms with Crippen LogP contribution in [0.5, 0.6) is 0 Å². The summed E-state index contributed by atoms with van der Waals surface area (Å²) in [5.41, 5.74) is 4.95. The van der Waals surface area contributed by atoms with Crippen LogP contribution in [0.1, 0.15) is 5.56 Å².